The topological polar surface area (TPSA) is 61.4 Å². The molecule has 0 bridgehead atoms. The fourth-order valence-electron chi connectivity index (χ4n) is 2.16. The SMILES string of the molecule is C[C@H](NC(=O)[C@@H]1C[C@@H](O)CN1)c1ccc(F)cc1F. The first-order chi connectivity index (χ1) is 8.97. The van der Waals surface area contributed by atoms with Gasteiger partial charge in [-0.2, -0.15) is 0 Å². The Balaban J connectivity index is 2.00. The van der Waals surface area contributed by atoms with Gasteiger partial charge in [0.05, 0.1) is 18.2 Å². The summed E-state index contributed by atoms with van der Waals surface area (Å²) in [4.78, 5) is 11.9. The fourth-order valence-corrected chi connectivity index (χ4v) is 2.16. The van der Waals surface area contributed by atoms with E-state index in [0.29, 0.717) is 13.0 Å². The number of hydrogen-bond acceptors (Lipinski definition) is 3. The quantitative estimate of drug-likeness (QED) is 0.763. The number of halogens is 2. The summed E-state index contributed by atoms with van der Waals surface area (Å²) in [5, 5.41) is 14.8. The van der Waals surface area contributed by atoms with Crippen LogP contribution in [-0.4, -0.2) is 29.7 Å². The van der Waals surface area contributed by atoms with Gasteiger partial charge < -0.3 is 15.7 Å². The van der Waals surface area contributed by atoms with Crippen LogP contribution in [0.5, 0.6) is 0 Å². The highest BCUT2D eigenvalue weighted by Crippen LogP contribution is 2.18. The van der Waals surface area contributed by atoms with Gasteiger partial charge in [0.2, 0.25) is 5.91 Å². The van der Waals surface area contributed by atoms with Gasteiger partial charge in [0.1, 0.15) is 11.6 Å². The Morgan fingerprint density at radius 2 is 2.26 bits per heavy atom. The van der Waals surface area contributed by atoms with E-state index in [4.69, 9.17) is 0 Å². The van der Waals surface area contributed by atoms with E-state index in [0.717, 1.165) is 12.1 Å². The molecule has 1 fully saturated rings. The molecule has 1 aliphatic rings. The Bertz CT molecular complexity index is 482. The van der Waals surface area contributed by atoms with Gasteiger partial charge in [-0.3, -0.25) is 4.79 Å². The maximum absolute atomic E-state index is 13.5. The minimum Gasteiger partial charge on any atom is -0.392 e. The molecule has 0 saturated carbocycles. The molecule has 6 heteroatoms. The number of nitrogens with one attached hydrogen (secondary N) is 2. The lowest BCUT2D eigenvalue weighted by Gasteiger charge is -2.18. The van der Waals surface area contributed by atoms with E-state index in [9.17, 15) is 18.7 Å². The molecule has 3 N–H and O–H groups in total. The summed E-state index contributed by atoms with van der Waals surface area (Å²) < 4.78 is 26.3. The Hall–Kier alpha value is -1.53. The van der Waals surface area contributed by atoms with Crippen molar-refractivity contribution in [2.75, 3.05) is 6.54 Å². The van der Waals surface area contributed by atoms with Crippen molar-refractivity contribution in [1.29, 1.82) is 0 Å². The Morgan fingerprint density at radius 3 is 2.84 bits per heavy atom. The van der Waals surface area contributed by atoms with E-state index in [2.05, 4.69) is 10.6 Å². The zero-order chi connectivity index (χ0) is 14.0. The number of benzene rings is 1. The van der Waals surface area contributed by atoms with E-state index >= 15 is 0 Å². The van der Waals surface area contributed by atoms with Crippen LogP contribution in [0.3, 0.4) is 0 Å². The predicted octanol–water partition coefficient (Wildman–Crippen LogP) is 0.865. The molecule has 0 aliphatic carbocycles. The summed E-state index contributed by atoms with van der Waals surface area (Å²) in [6, 6.07) is 2.22. The monoisotopic (exact) mass is 270 g/mol. The molecular weight excluding hydrogens is 254 g/mol. The van der Waals surface area contributed by atoms with Crippen molar-refractivity contribution >= 4 is 5.91 Å². The van der Waals surface area contributed by atoms with Crippen LogP contribution < -0.4 is 10.6 Å². The normalized spacial score (nSPS) is 24.2. The molecule has 0 spiro atoms. The van der Waals surface area contributed by atoms with Gasteiger partial charge in [-0.1, -0.05) is 6.07 Å². The van der Waals surface area contributed by atoms with Gasteiger partial charge in [-0.15, -0.1) is 0 Å². The van der Waals surface area contributed by atoms with Crippen molar-refractivity contribution in [1.82, 2.24) is 10.6 Å². The summed E-state index contributed by atoms with van der Waals surface area (Å²) in [6.45, 7) is 2.00. The van der Waals surface area contributed by atoms with Crippen LogP contribution in [0.1, 0.15) is 24.9 Å². The molecule has 1 heterocycles. The first kappa shape index (κ1) is 13.9. The zero-order valence-corrected chi connectivity index (χ0v) is 10.5. The van der Waals surface area contributed by atoms with Crippen LogP contribution in [-0.2, 0) is 4.79 Å². The number of rotatable bonds is 3. The molecule has 1 aromatic carbocycles. The van der Waals surface area contributed by atoms with Gasteiger partial charge in [0.25, 0.3) is 0 Å². The maximum atomic E-state index is 13.5. The van der Waals surface area contributed by atoms with E-state index < -0.39 is 29.8 Å². The smallest absolute Gasteiger partial charge is 0.237 e. The van der Waals surface area contributed by atoms with E-state index in [1.165, 1.54) is 6.07 Å². The highest BCUT2D eigenvalue weighted by Gasteiger charge is 2.29. The lowest BCUT2D eigenvalue weighted by Crippen LogP contribution is -2.41. The average Bonchev–Trinajstić information content (AvgIpc) is 2.75. The fraction of sp³-hybridized carbons (Fsp3) is 0.462. The van der Waals surface area contributed by atoms with Gasteiger partial charge >= 0.3 is 0 Å². The van der Waals surface area contributed by atoms with E-state index in [1.54, 1.807) is 6.92 Å². The molecule has 2 rings (SSSR count). The van der Waals surface area contributed by atoms with Crippen LogP contribution in [0.25, 0.3) is 0 Å². The summed E-state index contributed by atoms with van der Waals surface area (Å²) in [7, 11) is 0. The molecule has 1 amide bonds. The van der Waals surface area contributed by atoms with Crippen molar-refractivity contribution in [3.63, 3.8) is 0 Å². The summed E-state index contributed by atoms with van der Waals surface area (Å²) >= 11 is 0. The first-order valence-electron chi connectivity index (χ1n) is 6.14. The minimum absolute atomic E-state index is 0.230. The van der Waals surface area contributed by atoms with Gasteiger partial charge in [-0.25, -0.2) is 8.78 Å². The highest BCUT2D eigenvalue weighted by molar-refractivity contribution is 5.82. The average molecular weight is 270 g/mol. The molecule has 0 aromatic heterocycles. The van der Waals surface area contributed by atoms with Crippen LogP contribution in [0.15, 0.2) is 18.2 Å². The van der Waals surface area contributed by atoms with Crippen molar-refractivity contribution < 1.29 is 18.7 Å². The van der Waals surface area contributed by atoms with Crippen molar-refractivity contribution in [3.05, 3.63) is 35.4 Å². The second kappa shape index (κ2) is 5.63. The number of aliphatic hydroxyl groups excluding tert-OH is 1. The number of β-amino-alcohol motifs (C(OH)–C–C–N with tert-alkyl or cyclic N) is 1. The molecule has 0 unspecified atom stereocenters. The number of carbonyl (C=O) groups is 1. The van der Waals surface area contributed by atoms with E-state index in [-0.39, 0.29) is 11.5 Å². The Labute approximate surface area is 109 Å². The van der Waals surface area contributed by atoms with Crippen LogP contribution in [0, 0.1) is 11.6 Å². The zero-order valence-electron chi connectivity index (χ0n) is 10.5. The summed E-state index contributed by atoms with van der Waals surface area (Å²) in [5.41, 5.74) is 0.230. The summed E-state index contributed by atoms with van der Waals surface area (Å²) in [6.07, 6.45) is -0.196. The van der Waals surface area contributed by atoms with Crippen molar-refractivity contribution in [3.8, 4) is 0 Å². The molecule has 1 aromatic rings. The third-order valence-electron chi connectivity index (χ3n) is 3.21. The van der Waals surface area contributed by atoms with Crippen molar-refractivity contribution in [2.45, 2.75) is 31.5 Å². The summed E-state index contributed by atoms with van der Waals surface area (Å²) in [5.74, 6) is -1.64. The van der Waals surface area contributed by atoms with Gasteiger partial charge in [0.15, 0.2) is 0 Å². The lowest BCUT2D eigenvalue weighted by atomic mass is 10.1. The van der Waals surface area contributed by atoms with Gasteiger partial charge in [0, 0.05) is 18.2 Å². The number of amides is 1. The molecule has 4 nitrogen and oxygen atoms in total. The second-order valence-corrected chi connectivity index (χ2v) is 4.75. The van der Waals surface area contributed by atoms with Crippen LogP contribution >= 0.6 is 0 Å². The number of carbonyl (C=O) groups excluding carboxylic acids is 1. The number of hydrogen-bond donors (Lipinski definition) is 3. The molecule has 1 aliphatic heterocycles. The Morgan fingerprint density at radius 1 is 1.53 bits per heavy atom. The number of aliphatic hydroxyl groups is 1. The van der Waals surface area contributed by atoms with E-state index in [1.807, 2.05) is 0 Å². The highest BCUT2D eigenvalue weighted by atomic mass is 19.1. The second-order valence-electron chi connectivity index (χ2n) is 4.75. The van der Waals surface area contributed by atoms with Gasteiger partial charge in [-0.05, 0) is 19.4 Å². The minimum atomic E-state index is -0.688. The van der Waals surface area contributed by atoms with Crippen LogP contribution in [0.4, 0.5) is 8.78 Å². The third kappa shape index (κ3) is 3.27. The molecule has 104 valence electrons. The lowest BCUT2D eigenvalue weighted by molar-refractivity contribution is -0.123. The molecule has 3 atom stereocenters. The third-order valence-corrected chi connectivity index (χ3v) is 3.21. The first-order valence-corrected chi connectivity index (χ1v) is 6.14. The maximum Gasteiger partial charge on any atom is 0.237 e. The van der Waals surface area contributed by atoms with Crippen LogP contribution in [0.2, 0.25) is 0 Å². The molecule has 19 heavy (non-hydrogen) atoms. The standard InChI is InChI=1S/C13H16F2N2O2/c1-7(10-3-2-8(14)4-11(10)15)17-13(19)12-5-9(18)6-16-12/h2-4,7,9,12,16,18H,5-6H2,1H3,(H,17,19)/t7-,9+,12-/m0/s1. The molecule has 1 saturated heterocycles. The largest absolute Gasteiger partial charge is 0.392 e. The molecular formula is C13H16F2N2O2. The predicted molar refractivity (Wildman–Crippen MR) is 65.3 cm³/mol. The Kier molecular flexibility index (Phi) is 4.11. The molecule has 0 radical (unpaired) electrons. The van der Waals surface area contributed by atoms with Crippen molar-refractivity contribution in [2.24, 2.45) is 0 Å².